The zero-order chi connectivity index (χ0) is 14.3. The number of benzene rings is 1. The number of aliphatic hydroxyl groups excluding tert-OH is 1. The van der Waals surface area contributed by atoms with Crippen LogP contribution in [0.4, 0.5) is 0 Å². The molecule has 0 aliphatic carbocycles. The highest BCUT2D eigenvalue weighted by Gasteiger charge is 2.08. The molecule has 0 aromatic heterocycles. The van der Waals surface area contributed by atoms with Crippen molar-refractivity contribution >= 4 is 17.5 Å². The molecule has 1 rings (SSSR count). The Kier molecular flexibility index (Phi) is 6.67. The summed E-state index contributed by atoms with van der Waals surface area (Å²) in [4.78, 5) is 11.5. The SMILES string of the molecule is CCCC(O)CNC(=O)COc1cccc(Cl)c1C. The molecule has 1 unspecified atom stereocenters. The van der Waals surface area contributed by atoms with Gasteiger partial charge >= 0.3 is 0 Å². The van der Waals surface area contributed by atoms with E-state index in [0.717, 1.165) is 12.0 Å². The van der Waals surface area contributed by atoms with Crippen molar-refractivity contribution in [2.24, 2.45) is 0 Å². The van der Waals surface area contributed by atoms with Crippen LogP contribution < -0.4 is 10.1 Å². The number of amides is 1. The number of halogens is 1. The number of carbonyl (C=O) groups excluding carboxylic acids is 1. The number of hydrogen-bond donors (Lipinski definition) is 2. The molecule has 2 N–H and O–H groups in total. The zero-order valence-electron chi connectivity index (χ0n) is 11.3. The van der Waals surface area contributed by atoms with E-state index in [4.69, 9.17) is 16.3 Å². The van der Waals surface area contributed by atoms with Gasteiger partial charge < -0.3 is 15.2 Å². The van der Waals surface area contributed by atoms with Crippen molar-refractivity contribution in [1.29, 1.82) is 0 Å². The third-order valence-corrected chi connectivity index (χ3v) is 3.14. The number of aliphatic hydroxyl groups is 1. The maximum absolute atomic E-state index is 11.5. The fourth-order valence-corrected chi connectivity index (χ4v) is 1.77. The van der Waals surface area contributed by atoms with Gasteiger partial charge in [-0.3, -0.25) is 4.79 Å². The van der Waals surface area contributed by atoms with Gasteiger partial charge in [-0.1, -0.05) is 31.0 Å². The first-order valence-electron chi connectivity index (χ1n) is 6.37. The zero-order valence-corrected chi connectivity index (χ0v) is 12.0. The molecule has 0 radical (unpaired) electrons. The van der Waals surface area contributed by atoms with Crippen LogP contribution in [-0.2, 0) is 4.79 Å². The van der Waals surface area contributed by atoms with Crippen molar-refractivity contribution < 1.29 is 14.6 Å². The molecule has 19 heavy (non-hydrogen) atoms. The van der Waals surface area contributed by atoms with Gasteiger partial charge in [0.05, 0.1) is 6.10 Å². The van der Waals surface area contributed by atoms with Crippen LogP contribution in [0.1, 0.15) is 25.3 Å². The van der Waals surface area contributed by atoms with E-state index >= 15 is 0 Å². The van der Waals surface area contributed by atoms with Gasteiger partial charge in [0.2, 0.25) is 0 Å². The Labute approximate surface area is 118 Å². The van der Waals surface area contributed by atoms with Gasteiger partial charge in [-0.05, 0) is 25.5 Å². The minimum Gasteiger partial charge on any atom is -0.483 e. The van der Waals surface area contributed by atoms with Crippen molar-refractivity contribution in [2.45, 2.75) is 32.8 Å². The van der Waals surface area contributed by atoms with Crippen LogP contribution in [0.2, 0.25) is 5.02 Å². The molecule has 0 fully saturated rings. The highest BCUT2D eigenvalue weighted by atomic mass is 35.5. The Morgan fingerprint density at radius 3 is 2.95 bits per heavy atom. The lowest BCUT2D eigenvalue weighted by molar-refractivity contribution is -0.123. The third kappa shape index (κ3) is 5.49. The number of nitrogens with one attached hydrogen (secondary N) is 1. The molecule has 4 nitrogen and oxygen atoms in total. The highest BCUT2D eigenvalue weighted by Crippen LogP contribution is 2.24. The molecular formula is C14H20ClNO3. The second-order valence-electron chi connectivity index (χ2n) is 4.40. The number of rotatable bonds is 7. The Morgan fingerprint density at radius 2 is 2.26 bits per heavy atom. The summed E-state index contributed by atoms with van der Waals surface area (Å²) in [5.74, 6) is 0.339. The summed E-state index contributed by atoms with van der Waals surface area (Å²) < 4.78 is 5.39. The molecule has 0 saturated carbocycles. The fourth-order valence-electron chi connectivity index (χ4n) is 1.61. The van der Waals surface area contributed by atoms with Crippen molar-refractivity contribution in [3.63, 3.8) is 0 Å². The Morgan fingerprint density at radius 1 is 1.53 bits per heavy atom. The van der Waals surface area contributed by atoms with Crippen LogP contribution in [0, 0.1) is 6.92 Å². The van der Waals surface area contributed by atoms with Gasteiger partial charge in [0.25, 0.3) is 5.91 Å². The molecule has 0 bridgehead atoms. The molecule has 0 saturated heterocycles. The smallest absolute Gasteiger partial charge is 0.258 e. The molecule has 1 aromatic carbocycles. The van der Waals surface area contributed by atoms with Crippen LogP contribution >= 0.6 is 11.6 Å². The summed E-state index contributed by atoms with van der Waals surface area (Å²) in [6.07, 6.45) is 1.06. The number of hydrogen-bond acceptors (Lipinski definition) is 3. The number of ether oxygens (including phenoxy) is 1. The normalized spacial score (nSPS) is 12.0. The summed E-state index contributed by atoms with van der Waals surface area (Å²) in [5.41, 5.74) is 0.808. The first kappa shape index (κ1) is 15.8. The molecule has 0 aliphatic rings. The van der Waals surface area contributed by atoms with E-state index in [-0.39, 0.29) is 19.1 Å². The first-order valence-corrected chi connectivity index (χ1v) is 6.75. The van der Waals surface area contributed by atoms with Crippen LogP contribution in [0.5, 0.6) is 5.75 Å². The van der Waals surface area contributed by atoms with Crippen LogP contribution in [0.15, 0.2) is 18.2 Å². The molecule has 5 heteroatoms. The van der Waals surface area contributed by atoms with E-state index in [1.807, 2.05) is 13.8 Å². The molecular weight excluding hydrogens is 266 g/mol. The fraction of sp³-hybridized carbons (Fsp3) is 0.500. The van der Waals surface area contributed by atoms with Gasteiger partial charge in [-0.2, -0.15) is 0 Å². The number of carbonyl (C=O) groups is 1. The predicted molar refractivity (Wildman–Crippen MR) is 75.6 cm³/mol. The van der Waals surface area contributed by atoms with Crippen molar-refractivity contribution in [3.05, 3.63) is 28.8 Å². The summed E-state index contributed by atoms with van der Waals surface area (Å²) in [6.45, 7) is 3.99. The van der Waals surface area contributed by atoms with E-state index in [1.54, 1.807) is 18.2 Å². The molecule has 106 valence electrons. The van der Waals surface area contributed by atoms with E-state index in [9.17, 15) is 9.90 Å². The second kappa shape index (κ2) is 8.02. The van der Waals surface area contributed by atoms with Crippen LogP contribution in [-0.4, -0.2) is 30.3 Å². The average Bonchev–Trinajstić information content (AvgIpc) is 2.38. The van der Waals surface area contributed by atoms with E-state index in [0.29, 0.717) is 17.2 Å². The van der Waals surface area contributed by atoms with Crippen LogP contribution in [0.3, 0.4) is 0 Å². The Hall–Kier alpha value is -1.26. The topological polar surface area (TPSA) is 58.6 Å². The van der Waals surface area contributed by atoms with Crippen molar-refractivity contribution in [3.8, 4) is 5.75 Å². The maximum atomic E-state index is 11.5. The molecule has 0 aliphatic heterocycles. The minimum atomic E-state index is -0.498. The lowest BCUT2D eigenvalue weighted by Crippen LogP contribution is -2.35. The lowest BCUT2D eigenvalue weighted by Gasteiger charge is -2.12. The largest absolute Gasteiger partial charge is 0.483 e. The predicted octanol–water partition coefficient (Wildman–Crippen LogP) is 2.30. The summed E-state index contributed by atoms with van der Waals surface area (Å²) in [5, 5.41) is 12.7. The van der Waals surface area contributed by atoms with Crippen molar-refractivity contribution in [2.75, 3.05) is 13.2 Å². The van der Waals surface area contributed by atoms with E-state index in [1.165, 1.54) is 0 Å². The molecule has 1 amide bonds. The average molecular weight is 286 g/mol. The minimum absolute atomic E-state index is 0.0833. The van der Waals surface area contributed by atoms with Gasteiger partial charge in [0.15, 0.2) is 6.61 Å². The lowest BCUT2D eigenvalue weighted by atomic mass is 10.2. The molecule has 1 aromatic rings. The van der Waals surface area contributed by atoms with Gasteiger partial charge in [0, 0.05) is 17.1 Å². The van der Waals surface area contributed by atoms with E-state index < -0.39 is 6.10 Å². The standard InChI is InChI=1S/C14H20ClNO3/c1-3-5-11(17)8-16-14(18)9-19-13-7-4-6-12(15)10(13)2/h4,6-7,11,17H,3,5,8-9H2,1-2H3,(H,16,18). The van der Waals surface area contributed by atoms with Crippen LogP contribution in [0.25, 0.3) is 0 Å². The first-order chi connectivity index (χ1) is 9.04. The highest BCUT2D eigenvalue weighted by molar-refractivity contribution is 6.31. The quantitative estimate of drug-likeness (QED) is 0.808. The van der Waals surface area contributed by atoms with Gasteiger partial charge in [-0.15, -0.1) is 0 Å². The van der Waals surface area contributed by atoms with Gasteiger partial charge in [0.1, 0.15) is 5.75 Å². The van der Waals surface area contributed by atoms with Crippen molar-refractivity contribution in [1.82, 2.24) is 5.32 Å². The summed E-state index contributed by atoms with van der Waals surface area (Å²) in [7, 11) is 0. The van der Waals surface area contributed by atoms with E-state index in [2.05, 4.69) is 5.32 Å². The third-order valence-electron chi connectivity index (χ3n) is 2.73. The molecule has 1 atom stereocenters. The Bertz CT molecular complexity index is 423. The monoisotopic (exact) mass is 285 g/mol. The molecule has 0 heterocycles. The summed E-state index contributed by atoms with van der Waals surface area (Å²) in [6, 6.07) is 5.30. The summed E-state index contributed by atoms with van der Waals surface area (Å²) >= 11 is 5.95. The molecule has 0 spiro atoms. The Balaban J connectivity index is 2.36. The maximum Gasteiger partial charge on any atom is 0.258 e. The second-order valence-corrected chi connectivity index (χ2v) is 4.81. The van der Waals surface area contributed by atoms with Gasteiger partial charge in [-0.25, -0.2) is 0 Å².